The quantitative estimate of drug-likeness (QED) is 0.360. The van der Waals surface area contributed by atoms with Crippen LogP contribution in [0.2, 0.25) is 0 Å². The minimum absolute atomic E-state index is 0.406. The van der Waals surface area contributed by atoms with Gasteiger partial charge in [-0.25, -0.2) is 6.29 Å². The first-order valence-electron chi connectivity index (χ1n) is 3.27. The van der Waals surface area contributed by atoms with Crippen molar-refractivity contribution in [1.29, 1.82) is 0 Å². The van der Waals surface area contributed by atoms with Crippen LogP contribution in [-0.4, -0.2) is 18.9 Å². The van der Waals surface area contributed by atoms with E-state index in [-0.39, 0.29) is 0 Å². The Hall–Kier alpha value is -0.0905. The van der Waals surface area contributed by atoms with Gasteiger partial charge in [-0.2, -0.15) is 0 Å². The van der Waals surface area contributed by atoms with Crippen molar-refractivity contribution in [3.8, 4) is 0 Å². The van der Waals surface area contributed by atoms with Crippen LogP contribution in [0.3, 0.4) is 0 Å². The molecule has 0 saturated carbocycles. The SMILES string of the molecule is NCCCCC(N)[C-]=O.[O]=[Cu]. The van der Waals surface area contributed by atoms with Gasteiger partial charge in [0.25, 0.3) is 0 Å². The summed E-state index contributed by atoms with van der Waals surface area (Å²) < 4.78 is 7.81. The molecule has 0 aliphatic rings. The van der Waals surface area contributed by atoms with E-state index in [0.29, 0.717) is 13.0 Å². The monoisotopic (exact) mass is 208 g/mol. The number of hydrogen-bond acceptors (Lipinski definition) is 4. The van der Waals surface area contributed by atoms with Crippen LogP contribution in [0.1, 0.15) is 19.3 Å². The van der Waals surface area contributed by atoms with E-state index in [1.165, 1.54) is 0 Å². The normalized spacial score (nSPS) is 11.3. The van der Waals surface area contributed by atoms with Gasteiger partial charge in [0, 0.05) is 0 Å². The average molecular weight is 209 g/mol. The number of hydrogen-bond donors (Lipinski definition) is 2. The molecule has 0 aliphatic heterocycles. The summed E-state index contributed by atoms with van der Waals surface area (Å²) in [6.45, 7) is 0.672. The molecule has 0 radical (unpaired) electrons. The summed E-state index contributed by atoms with van der Waals surface area (Å²) in [6.07, 6.45) is 4.28. The third-order valence-electron chi connectivity index (χ3n) is 1.12. The predicted molar refractivity (Wildman–Crippen MR) is 37.3 cm³/mol. The van der Waals surface area contributed by atoms with E-state index < -0.39 is 6.04 Å². The third-order valence-corrected chi connectivity index (χ3v) is 1.12. The molecule has 0 aliphatic carbocycles. The molecule has 0 amide bonds. The van der Waals surface area contributed by atoms with Gasteiger partial charge in [0.1, 0.15) is 0 Å². The molecule has 1 atom stereocenters. The third kappa shape index (κ3) is 13.0. The number of carbonyl (C=O) groups excluding carboxylic acids is 1. The first-order chi connectivity index (χ1) is 5.31. The van der Waals surface area contributed by atoms with Crippen molar-refractivity contribution in [3.63, 3.8) is 0 Å². The van der Waals surface area contributed by atoms with Gasteiger partial charge in [0.15, 0.2) is 0 Å². The van der Waals surface area contributed by atoms with Crippen LogP contribution in [0.15, 0.2) is 0 Å². The summed E-state index contributed by atoms with van der Waals surface area (Å²) in [5, 5.41) is 0. The fourth-order valence-corrected chi connectivity index (χ4v) is 0.568. The second kappa shape index (κ2) is 12.6. The van der Waals surface area contributed by atoms with Crippen molar-refractivity contribution >= 4 is 6.29 Å². The molecule has 1 unspecified atom stereocenters. The maximum atomic E-state index is 9.82. The van der Waals surface area contributed by atoms with Gasteiger partial charge >= 0.3 is 19.8 Å². The molecule has 71 valence electrons. The van der Waals surface area contributed by atoms with Crippen LogP contribution >= 0.6 is 0 Å². The van der Waals surface area contributed by atoms with Gasteiger partial charge in [0.05, 0.1) is 0 Å². The minimum atomic E-state index is -0.406. The molecule has 5 heteroatoms. The van der Waals surface area contributed by atoms with E-state index in [2.05, 4.69) is 15.9 Å². The van der Waals surface area contributed by atoms with Crippen LogP contribution < -0.4 is 11.5 Å². The topological polar surface area (TPSA) is 86.2 Å². The zero-order valence-electron chi connectivity index (χ0n) is 6.18. The van der Waals surface area contributed by atoms with E-state index in [1.807, 2.05) is 0 Å². The first kappa shape index (κ1) is 13.5. The molecule has 0 aromatic heterocycles. The molecule has 0 aromatic carbocycles. The number of unbranched alkanes of at least 4 members (excludes halogenated alkanes) is 1. The zero-order chi connectivity index (χ0) is 9.11. The van der Waals surface area contributed by atoms with E-state index in [9.17, 15) is 4.79 Å². The van der Waals surface area contributed by atoms with Gasteiger partial charge in [-0.1, -0.05) is 18.9 Å². The fourth-order valence-electron chi connectivity index (χ4n) is 0.568. The van der Waals surface area contributed by atoms with Crippen LogP contribution in [-0.2, 0) is 24.6 Å². The van der Waals surface area contributed by atoms with Crippen molar-refractivity contribution in [2.24, 2.45) is 11.5 Å². The molecule has 0 rings (SSSR count). The summed E-state index contributed by atoms with van der Waals surface area (Å²) in [5.41, 5.74) is 10.5. The van der Waals surface area contributed by atoms with E-state index in [1.54, 1.807) is 6.29 Å². The van der Waals surface area contributed by atoms with Crippen LogP contribution in [0.25, 0.3) is 0 Å². The molecule has 0 spiro atoms. The number of nitrogens with two attached hydrogens (primary N) is 2. The average Bonchev–Trinajstić information content (AvgIpc) is 2.08. The van der Waals surface area contributed by atoms with Crippen molar-refractivity contribution in [2.45, 2.75) is 25.3 Å². The standard InChI is InChI=1S/C6H13N2O.Cu.O/c7-4-2-1-3-6(8)5-9;;/h6H,1-4,7-8H2;;/q-1;;. The van der Waals surface area contributed by atoms with E-state index in [0.717, 1.165) is 12.8 Å². The summed E-state index contributed by atoms with van der Waals surface area (Å²) >= 11 is 2.94. The second-order valence-electron chi connectivity index (χ2n) is 2.01. The van der Waals surface area contributed by atoms with Crippen molar-refractivity contribution < 1.29 is 24.6 Å². The molecule has 4 nitrogen and oxygen atoms in total. The van der Waals surface area contributed by atoms with Gasteiger partial charge in [-0.15, -0.1) is 0 Å². The van der Waals surface area contributed by atoms with Crippen molar-refractivity contribution in [3.05, 3.63) is 0 Å². The summed E-state index contributed by atoms with van der Waals surface area (Å²) in [5.74, 6) is 0. The Bertz CT molecular complexity index is 92.7. The van der Waals surface area contributed by atoms with Gasteiger partial charge in [-0.05, 0) is 13.0 Å². The van der Waals surface area contributed by atoms with Crippen molar-refractivity contribution in [2.75, 3.05) is 6.54 Å². The predicted octanol–water partition coefficient (Wildman–Crippen LogP) is -0.569. The Kier molecular flexibility index (Phi) is 15.4. The van der Waals surface area contributed by atoms with E-state index in [4.69, 9.17) is 15.3 Å². The summed E-state index contributed by atoms with van der Waals surface area (Å²) in [4.78, 5) is 9.82. The Labute approximate surface area is 74.7 Å². The molecule has 4 N–H and O–H groups in total. The van der Waals surface area contributed by atoms with Crippen LogP contribution in [0, 0.1) is 0 Å². The Morgan fingerprint density at radius 2 is 1.91 bits per heavy atom. The van der Waals surface area contributed by atoms with Crippen LogP contribution in [0.4, 0.5) is 0 Å². The maximum absolute atomic E-state index is 9.82. The van der Waals surface area contributed by atoms with Crippen molar-refractivity contribution in [1.82, 2.24) is 0 Å². The second-order valence-corrected chi connectivity index (χ2v) is 2.01. The summed E-state index contributed by atoms with van der Waals surface area (Å²) in [6, 6.07) is -0.406. The molecule has 0 fully saturated rings. The first-order valence-corrected chi connectivity index (χ1v) is 3.65. The fraction of sp³-hybridized carbons (Fsp3) is 0.833. The zero-order valence-corrected chi connectivity index (χ0v) is 7.12. The molecular weight excluding hydrogens is 196 g/mol. The number of rotatable bonds is 5. The molecule has 0 heterocycles. The van der Waals surface area contributed by atoms with Gasteiger partial charge < -0.3 is 16.3 Å². The molecular formula is C6H13CuN2O2-. The molecule has 0 aromatic rings. The van der Waals surface area contributed by atoms with Gasteiger partial charge in [0.2, 0.25) is 0 Å². The molecule has 11 heavy (non-hydrogen) atoms. The Morgan fingerprint density at radius 3 is 2.27 bits per heavy atom. The van der Waals surface area contributed by atoms with E-state index >= 15 is 0 Å². The Balaban J connectivity index is 0. The summed E-state index contributed by atoms with van der Waals surface area (Å²) in [7, 11) is 0. The molecule has 0 saturated heterocycles. The van der Waals surface area contributed by atoms with Crippen LogP contribution in [0.5, 0.6) is 0 Å². The Morgan fingerprint density at radius 1 is 1.36 bits per heavy atom. The molecule has 0 bridgehead atoms. The van der Waals surface area contributed by atoms with Gasteiger partial charge in [-0.3, -0.25) is 0 Å².